The lowest BCUT2D eigenvalue weighted by atomic mass is 10.1. The first-order valence-corrected chi connectivity index (χ1v) is 14.0. The van der Waals surface area contributed by atoms with Crippen LogP contribution in [0.2, 0.25) is 0 Å². The number of amides is 2. The molecule has 5 rings (SSSR count). The van der Waals surface area contributed by atoms with Crippen molar-refractivity contribution in [2.24, 2.45) is 5.73 Å². The second-order valence-electron chi connectivity index (χ2n) is 10.3. The minimum Gasteiger partial charge on any atom is -0.379 e. The number of anilines is 1. The van der Waals surface area contributed by atoms with Crippen LogP contribution in [0.1, 0.15) is 18.0 Å². The van der Waals surface area contributed by atoms with Crippen LogP contribution in [-0.4, -0.2) is 63.9 Å². The van der Waals surface area contributed by atoms with Crippen LogP contribution in [0.15, 0.2) is 83.7 Å². The van der Waals surface area contributed by atoms with E-state index < -0.39 is 41.7 Å². The van der Waals surface area contributed by atoms with Crippen molar-refractivity contribution in [3.05, 3.63) is 94.8 Å². The first kappa shape index (κ1) is 33.4. The van der Waals surface area contributed by atoms with Crippen molar-refractivity contribution in [1.82, 2.24) is 19.2 Å². The maximum atomic E-state index is 13.1. The quantitative estimate of drug-likeness (QED) is 0.267. The Bertz CT molecular complexity index is 1690. The summed E-state index contributed by atoms with van der Waals surface area (Å²) < 4.78 is 47.6. The average molecular weight is 645 g/mol. The van der Waals surface area contributed by atoms with E-state index in [0.717, 1.165) is 30.8 Å². The van der Waals surface area contributed by atoms with Gasteiger partial charge in [-0.1, -0.05) is 42.5 Å². The lowest BCUT2D eigenvalue weighted by Gasteiger charge is -2.28. The fourth-order valence-electron chi connectivity index (χ4n) is 5.12. The van der Waals surface area contributed by atoms with Crippen LogP contribution >= 0.6 is 12.4 Å². The van der Waals surface area contributed by atoms with E-state index in [0.29, 0.717) is 37.6 Å². The zero-order valence-corrected chi connectivity index (χ0v) is 24.9. The van der Waals surface area contributed by atoms with Gasteiger partial charge in [-0.15, -0.1) is 12.4 Å². The average Bonchev–Trinajstić information content (AvgIpc) is 3.43. The number of morpholine rings is 1. The normalized spacial score (nSPS) is 14.4. The summed E-state index contributed by atoms with van der Waals surface area (Å²) >= 11 is 0. The highest BCUT2D eigenvalue weighted by molar-refractivity contribution is 5.91. The van der Waals surface area contributed by atoms with Gasteiger partial charge in [0.1, 0.15) is 18.3 Å². The molecule has 3 N–H and O–H groups in total. The Morgan fingerprint density at radius 2 is 1.67 bits per heavy atom. The predicted octanol–water partition coefficient (Wildman–Crippen LogP) is 4.21. The number of carbonyl (C=O) groups excluding carboxylic acids is 2. The topological polar surface area (TPSA) is 124 Å². The molecule has 45 heavy (non-hydrogen) atoms. The Morgan fingerprint density at radius 3 is 2.36 bits per heavy atom. The number of hydrogen-bond donors (Lipinski definition) is 2. The molecule has 14 heteroatoms. The molecule has 238 valence electrons. The van der Waals surface area contributed by atoms with Crippen LogP contribution in [0.5, 0.6) is 0 Å². The number of pyridine rings is 1. The third-order valence-electron chi connectivity index (χ3n) is 7.34. The predicted molar refractivity (Wildman–Crippen MR) is 165 cm³/mol. The van der Waals surface area contributed by atoms with Crippen molar-refractivity contribution in [2.45, 2.75) is 25.2 Å². The molecule has 2 aromatic carbocycles. The van der Waals surface area contributed by atoms with Gasteiger partial charge in [0.2, 0.25) is 11.8 Å². The van der Waals surface area contributed by atoms with E-state index in [9.17, 15) is 27.6 Å². The SMILES string of the molecule is Cl.NC(=O)C(CCN1CCOCC1)n1nc(-c2cccc(=O)n2CC(=O)Nc2cccc(C(F)(F)F)c2)cc1-c1ccccc1. The van der Waals surface area contributed by atoms with Crippen LogP contribution in [-0.2, 0) is 27.0 Å². The molecule has 0 spiro atoms. The largest absolute Gasteiger partial charge is 0.416 e. The summed E-state index contributed by atoms with van der Waals surface area (Å²) in [6.07, 6.45) is -4.19. The van der Waals surface area contributed by atoms with Crippen LogP contribution in [0.3, 0.4) is 0 Å². The molecule has 2 amide bonds. The van der Waals surface area contributed by atoms with Crippen molar-refractivity contribution in [3.8, 4) is 22.6 Å². The second kappa shape index (κ2) is 14.5. The summed E-state index contributed by atoms with van der Waals surface area (Å²) in [6.45, 7) is 2.78. The highest BCUT2D eigenvalue weighted by Gasteiger charge is 2.30. The van der Waals surface area contributed by atoms with Crippen LogP contribution < -0.4 is 16.6 Å². The van der Waals surface area contributed by atoms with Crippen molar-refractivity contribution in [3.63, 3.8) is 0 Å². The Morgan fingerprint density at radius 1 is 0.956 bits per heavy atom. The first-order valence-electron chi connectivity index (χ1n) is 14.0. The minimum atomic E-state index is -4.58. The number of ether oxygens (including phenoxy) is 1. The molecule has 1 saturated heterocycles. The number of aromatic nitrogens is 3. The fraction of sp³-hybridized carbons (Fsp3) is 0.290. The van der Waals surface area contributed by atoms with Crippen molar-refractivity contribution in [1.29, 1.82) is 0 Å². The van der Waals surface area contributed by atoms with Crippen LogP contribution in [0.25, 0.3) is 22.6 Å². The van der Waals surface area contributed by atoms with Gasteiger partial charge in [-0.3, -0.25) is 28.5 Å². The van der Waals surface area contributed by atoms with E-state index in [1.54, 1.807) is 16.8 Å². The number of nitrogens with two attached hydrogens (primary N) is 1. The molecule has 1 atom stereocenters. The molecule has 0 aliphatic carbocycles. The van der Waals surface area contributed by atoms with E-state index in [2.05, 4.69) is 10.2 Å². The molecule has 10 nitrogen and oxygen atoms in total. The van der Waals surface area contributed by atoms with E-state index in [4.69, 9.17) is 15.6 Å². The van der Waals surface area contributed by atoms with Gasteiger partial charge in [0.15, 0.2) is 0 Å². The molecule has 3 heterocycles. The molecule has 0 radical (unpaired) electrons. The smallest absolute Gasteiger partial charge is 0.379 e. The van der Waals surface area contributed by atoms with E-state index >= 15 is 0 Å². The van der Waals surface area contributed by atoms with Gasteiger partial charge >= 0.3 is 6.18 Å². The monoisotopic (exact) mass is 644 g/mol. The van der Waals surface area contributed by atoms with Gasteiger partial charge < -0.3 is 15.8 Å². The maximum absolute atomic E-state index is 13.1. The standard InChI is InChI=1S/C31H31F3N6O4.ClH/c32-31(33,34)22-8-4-9-23(18-22)36-28(41)20-39-25(10-5-11-29(39)42)24-19-27(21-6-2-1-3-7-21)40(37-24)26(30(35)43)12-13-38-14-16-44-17-15-38;/h1-11,18-19,26H,12-17,20H2,(H2,35,43)(H,36,41);1H. The molecule has 1 fully saturated rings. The third-order valence-corrected chi connectivity index (χ3v) is 7.34. The van der Waals surface area contributed by atoms with Crippen molar-refractivity contribution < 1.29 is 27.5 Å². The molecule has 4 aromatic rings. The molecular weight excluding hydrogens is 613 g/mol. The lowest BCUT2D eigenvalue weighted by molar-refractivity contribution is -0.137. The molecule has 0 bridgehead atoms. The molecular formula is C31H32ClF3N6O4. The Hall–Kier alpha value is -4.46. The number of halogens is 4. The number of alkyl halides is 3. The summed E-state index contributed by atoms with van der Waals surface area (Å²) in [5, 5.41) is 7.16. The number of carbonyl (C=O) groups is 2. The number of benzene rings is 2. The molecule has 2 aromatic heterocycles. The number of hydrogen-bond acceptors (Lipinski definition) is 6. The van der Waals surface area contributed by atoms with Crippen LogP contribution in [0, 0.1) is 0 Å². The molecule has 1 aliphatic rings. The van der Waals surface area contributed by atoms with Gasteiger partial charge in [0, 0.05) is 31.4 Å². The van der Waals surface area contributed by atoms with Gasteiger partial charge in [-0.2, -0.15) is 18.3 Å². The summed E-state index contributed by atoms with van der Waals surface area (Å²) in [5.41, 5.74) is 6.34. The summed E-state index contributed by atoms with van der Waals surface area (Å²) in [4.78, 5) is 40.9. The number of nitrogens with one attached hydrogen (secondary N) is 1. The highest BCUT2D eigenvalue weighted by atomic mass is 35.5. The highest BCUT2D eigenvalue weighted by Crippen LogP contribution is 2.31. The van der Waals surface area contributed by atoms with Gasteiger partial charge in [0.05, 0.1) is 30.2 Å². The minimum absolute atomic E-state index is 0. The Labute approximate surface area is 263 Å². The zero-order chi connectivity index (χ0) is 31.3. The summed E-state index contributed by atoms with van der Waals surface area (Å²) in [6, 6.07) is 18.8. The molecule has 1 aliphatic heterocycles. The fourth-order valence-corrected chi connectivity index (χ4v) is 5.12. The Kier molecular flexibility index (Phi) is 10.8. The van der Waals surface area contributed by atoms with Gasteiger partial charge in [-0.05, 0) is 42.3 Å². The Balaban J connectivity index is 0.00000461. The lowest BCUT2D eigenvalue weighted by Crippen LogP contribution is -2.39. The molecule has 1 unspecified atom stereocenters. The van der Waals surface area contributed by atoms with Gasteiger partial charge in [-0.25, -0.2) is 0 Å². The summed E-state index contributed by atoms with van der Waals surface area (Å²) in [7, 11) is 0. The van der Waals surface area contributed by atoms with Crippen LogP contribution in [0.4, 0.5) is 18.9 Å². The van der Waals surface area contributed by atoms with E-state index in [1.807, 2.05) is 30.3 Å². The third kappa shape index (κ3) is 8.18. The van der Waals surface area contributed by atoms with E-state index in [-0.39, 0.29) is 23.8 Å². The zero-order valence-electron chi connectivity index (χ0n) is 24.1. The number of nitrogens with zero attached hydrogens (tertiary/aromatic N) is 4. The van der Waals surface area contributed by atoms with Gasteiger partial charge in [0.25, 0.3) is 5.56 Å². The van der Waals surface area contributed by atoms with E-state index in [1.165, 1.54) is 28.8 Å². The maximum Gasteiger partial charge on any atom is 0.416 e. The van der Waals surface area contributed by atoms with Crippen molar-refractivity contribution in [2.75, 3.05) is 38.2 Å². The first-order chi connectivity index (χ1) is 21.1. The summed E-state index contributed by atoms with van der Waals surface area (Å²) in [5.74, 6) is -1.28. The molecule has 0 saturated carbocycles. The number of rotatable bonds is 10. The number of primary amides is 1. The van der Waals surface area contributed by atoms with Crippen molar-refractivity contribution >= 4 is 29.9 Å². The second-order valence-corrected chi connectivity index (χ2v) is 10.3.